The predicted molar refractivity (Wildman–Crippen MR) is 103 cm³/mol. The number of fused-ring (bicyclic) bond motifs is 1. The highest BCUT2D eigenvalue weighted by atomic mass is 19.1. The second-order valence-corrected chi connectivity index (χ2v) is 7.12. The number of likely N-dealkylation sites (tertiary alicyclic amines) is 1. The third kappa shape index (κ3) is 3.29. The van der Waals surface area contributed by atoms with Gasteiger partial charge in [-0.15, -0.1) is 0 Å². The molecule has 1 aliphatic rings. The number of nitrogens with zero attached hydrogens (tertiary/aromatic N) is 1. The van der Waals surface area contributed by atoms with Crippen LogP contribution in [0, 0.1) is 12.7 Å². The second-order valence-electron chi connectivity index (χ2n) is 7.12. The van der Waals surface area contributed by atoms with E-state index in [0.717, 1.165) is 52.9 Å². The first-order chi connectivity index (χ1) is 13.1. The smallest absolute Gasteiger partial charge is 0.227 e. The lowest BCUT2D eigenvalue weighted by Crippen LogP contribution is -2.32. The van der Waals surface area contributed by atoms with Crippen LogP contribution < -0.4 is 4.74 Å². The molecule has 1 unspecified atom stereocenters. The molecular weight excluding hydrogens is 343 g/mol. The number of ether oxygens (including phenoxy) is 1. The molecule has 0 spiro atoms. The maximum atomic E-state index is 13.7. The van der Waals surface area contributed by atoms with E-state index in [1.807, 2.05) is 36.1 Å². The lowest BCUT2D eigenvalue weighted by Gasteiger charge is -2.25. The molecule has 140 valence electrons. The van der Waals surface area contributed by atoms with E-state index in [-0.39, 0.29) is 24.2 Å². The summed E-state index contributed by atoms with van der Waals surface area (Å²) in [5.41, 5.74) is 3.76. The summed E-state index contributed by atoms with van der Waals surface area (Å²) in [5.74, 6) is 0.592. The minimum Gasteiger partial charge on any atom is -0.497 e. The normalized spacial score (nSPS) is 16.9. The van der Waals surface area contributed by atoms with Crippen molar-refractivity contribution < 1.29 is 13.9 Å². The maximum Gasteiger partial charge on any atom is 0.227 e. The number of H-pyrrole nitrogens is 1. The molecular formula is C22H23FN2O2. The van der Waals surface area contributed by atoms with Gasteiger partial charge in [0.25, 0.3) is 0 Å². The van der Waals surface area contributed by atoms with Crippen LogP contribution in [0.15, 0.2) is 42.5 Å². The Labute approximate surface area is 157 Å². The molecule has 0 bridgehead atoms. The highest BCUT2D eigenvalue weighted by molar-refractivity contribution is 5.90. The van der Waals surface area contributed by atoms with Crippen LogP contribution in [0.5, 0.6) is 5.75 Å². The van der Waals surface area contributed by atoms with Gasteiger partial charge in [0.1, 0.15) is 11.6 Å². The van der Waals surface area contributed by atoms with E-state index in [2.05, 4.69) is 4.98 Å². The van der Waals surface area contributed by atoms with E-state index in [1.54, 1.807) is 13.2 Å². The predicted octanol–water partition coefficient (Wildman–Crippen LogP) is 4.53. The van der Waals surface area contributed by atoms with Crippen LogP contribution in [0.4, 0.5) is 4.39 Å². The molecule has 0 radical (unpaired) electrons. The van der Waals surface area contributed by atoms with E-state index in [0.29, 0.717) is 0 Å². The summed E-state index contributed by atoms with van der Waals surface area (Å²) < 4.78 is 19.0. The van der Waals surface area contributed by atoms with Gasteiger partial charge in [-0.2, -0.15) is 0 Å². The number of amides is 1. The molecule has 3 aromatic rings. The highest BCUT2D eigenvalue weighted by Crippen LogP contribution is 2.34. The number of rotatable bonds is 4. The molecule has 4 nitrogen and oxygen atoms in total. The van der Waals surface area contributed by atoms with Crippen LogP contribution in [-0.4, -0.2) is 29.4 Å². The summed E-state index contributed by atoms with van der Waals surface area (Å²) in [5, 5.41) is 0.790. The molecule has 0 saturated carbocycles. The quantitative estimate of drug-likeness (QED) is 0.737. The van der Waals surface area contributed by atoms with E-state index in [9.17, 15) is 9.18 Å². The third-order valence-electron chi connectivity index (χ3n) is 5.46. The Kier molecular flexibility index (Phi) is 4.60. The summed E-state index contributed by atoms with van der Waals surface area (Å²) in [6.45, 7) is 2.68. The molecule has 1 amide bonds. The van der Waals surface area contributed by atoms with Gasteiger partial charge in [0, 0.05) is 23.1 Å². The summed E-state index contributed by atoms with van der Waals surface area (Å²) in [6, 6.07) is 12.6. The number of halogens is 1. The fraction of sp³-hybridized carbons (Fsp3) is 0.318. The number of nitrogens with one attached hydrogen (secondary N) is 1. The maximum absolute atomic E-state index is 13.7. The monoisotopic (exact) mass is 366 g/mol. The molecule has 1 fully saturated rings. The number of aromatic nitrogens is 1. The molecule has 4 rings (SSSR count). The average molecular weight is 366 g/mol. The number of hydrogen-bond acceptors (Lipinski definition) is 2. The largest absolute Gasteiger partial charge is 0.497 e. The van der Waals surface area contributed by atoms with Crippen molar-refractivity contribution >= 4 is 16.8 Å². The van der Waals surface area contributed by atoms with Crippen molar-refractivity contribution in [3.63, 3.8) is 0 Å². The molecule has 1 saturated heterocycles. The average Bonchev–Trinajstić information content (AvgIpc) is 3.27. The molecule has 27 heavy (non-hydrogen) atoms. The molecule has 1 atom stereocenters. The van der Waals surface area contributed by atoms with Crippen molar-refractivity contribution in [2.45, 2.75) is 32.2 Å². The molecule has 2 aromatic carbocycles. The van der Waals surface area contributed by atoms with Crippen molar-refractivity contribution in [3.05, 3.63) is 65.1 Å². The van der Waals surface area contributed by atoms with Gasteiger partial charge in [-0.05, 0) is 61.2 Å². The first kappa shape index (κ1) is 17.6. The molecule has 1 N–H and O–H groups in total. The molecule has 1 aromatic heterocycles. The van der Waals surface area contributed by atoms with Gasteiger partial charge in [-0.1, -0.05) is 12.1 Å². The van der Waals surface area contributed by atoms with Crippen LogP contribution in [0.1, 0.15) is 35.7 Å². The standard InChI is InChI=1S/C22H23FN2O2/c1-14-18(19-12-16(23)8-9-20(19)24-14)13-22(26)25-10-4-7-21(25)15-5-3-6-17(11-15)27-2/h3,5-6,8-9,11-12,21,24H,4,7,10,13H2,1-2H3. The summed E-state index contributed by atoms with van der Waals surface area (Å²) in [6.07, 6.45) is 2.20. The van der Waals surface area contributed by atoms with Crippen LogP contribution in [0.2, 0.25) is 0 Å². The highest BCUT2D eigenvalue weighted by Gasteiger charge is 2.30. The SMILES string of the molecule is COc1cccc(C2CCCN2C(=O)Cc2c(C)[nH]c3ccc(F)cc23)c1. The first-order valence-corrected chi connectivity index (χ1v) is 9.27. The van der Waals surface area contributed by atoms with Gasteiger partial charge in [0.15, 0.2) is 0 Å². The van der Waals surface area contributed by atoms with E-state index >= 15 is 0 Å². The molecule has 1 aliphatic heterocycles. The van der Waals surface area contributed by atoms with E-state index in [1.165, 1.54) is 12.1 Å². The van der Waals surface area contributed by atoms with Gasteiger partial charge >= 0.3 is 0 Å². The minimum atomic E-state index is -0.286. The van der Waals surface area contributed by atoms with Crippen LogP contribution in [0.3, 0.4) is 0 Å². The number of aryl methyl sites for hydroxylation is 1. The van der Waals surface area contributed by atoms with Crippen molar-refractivity contribution in [2.24, 2.45) is 0 Å². The lowest BCUT2D eigenvalue weighted by atomic mass is 10.0. The molecule has 2 heterocycles. The third-order valence-corrected chi connectivity index (χ3v) is 5.46. The Morgan fingerprint density at radius 1 is 1.30 bits per heavy atom. The number of hydrogen-bond donors (Lipinski definition) is 1. The Morgan fingerprint density at radius 3 is 2.96 bits per heavy atom. The van der Waals surface area contributed by atoms with Gasteiger partial charge in [0.2, 0.25) is 5.91 Å². The Morgan fingerprint density at radius 2 is 2.15 bits per heavy atom. The van der Waals surface area contributed by atoms with Gasteiger partial charge in [-0.3, -0.25) is 4.79 Å². The van der Waals surface area contributed by atoms with Gasteiger partial charge < -0.3 is 14.6 Å². The van der Waals surface area contributed by atoms with Crippen molar-refractivity contribution in [2.75, 3.05) is 13.7 Å². The minimum absolute atomic E-state index is 0.0647. The topological polar surface area (TPSA) is 45.3 Å². The number of carbonyl (C=O) groups is 1. The number of methoxy groups -OCH3 is 1. The number of carbonyl (C=O) groups excluding carboxylic acids is 1. The Bertz CT molecular complexity index is 995. The molecule has 0 aliphatic carbocycles. The second kappa shape index (κ2) is 7.06. The van der Waals surface area contributed by atoms with Crippen molar-refractivity contribution in [1.29, 1.82) is 0 Å². The summed E-state index contributed by atoms with van der Waals surface area (Å²) >= 11 is 0. The Balaban J connectivity index is 1.61. The van der Waals surface area contributed by atoms with Gasteiger partial charge in [0.05, 0.1) is 19.6 Å². The van der Waals surface area contributed by atoms with Crippen LogP contribution in [0.25, 0.3) is 10.9 Å². The Hall–Kier alpha value is -2.82. The van der Waals surface area contributed by atoms with Crippen LogP contribution in [-0.2, 0) is 11.2 Å². The number of benzene rings is 2. The summed E-state index contributed by atoms with van der Waals surface area (Å²) in [4.78, 5) is 18.3. The fourth-order valence-corrected chi connectivity index (χ4v) is 4.10. The molecule has 5 heteroatoms. The zero-order chi connectivity index (χ0) is 19.0. The van der Waals surface area contributed by atoms with Crippen molar-refractivity contribution in [1.82, 2.24) is 9.88 Å². The summed E-state index contributed by atoms with van der Waals surface area (Å²) in [7, 11) is 1.65. The lowest BCUT2D eigenvalue weighted by molar-refractivity contribution is -0.131. The van der Waals surface area contributed by atoms with Crippen LogP contribution >= 0.6 is 0 Å². The fourth-order valence-electron chi connectivity index (χ4n) is 4.10. The number of aromatic amines is 1. The first-order valence-electron chi connectivity index (χ1n) is 9.27. The van der Waals surface area contributed by atoms with Gasteiger partial charge in [-0.25, -0.2) is 4.39 Å². The zero-order valence-corrected chi connectivity index (χ0v) is 15.6. The zero-order valence-electron chi connectivity index (χ0n) is 15.6. The van der Waals surface area contributed by atoms with E-state index in [4.69, 9.17) is 4.74 Å². The van der Waals surface area contributed by atoms with E-state index < -0.39 is 0 Å². The van der Waals surface area contributed by atoms with Crippen molar-refractivity contribution in [3.8, 4) is 5.75 Å².